The van der Waals surface area contributed by atoms with E-state index in [2.05, 4.69) is 26.0 Å². The summed E-state index contributed by atoms with van der Waals surface area (Å²) in [5.74, 6) is 2.46. The van der Waals surface area contributed by atoms with Gasteiger partial charge in [0.05, 0.1) is 19.4 Å². The fraction of sp³-hybridized carbons (Fsp3) is 0.389. The molecule has 0 aliphatic heterocycles. The summed E-state index contributed by atoms with van der Waals surface area (Å²) in [5.41, 5.74) is 2.66. The second-order valence-corrected chi connectivity index (χ2v) is 6.13. The topological polar surface area (TPSA) is 72.9 Å². The Kier molecular flexibility index (Phi) is 4.02. The summed E-state index contributed by atoms with van der Waals surface area (Å²) in [4.78, 5) is 15.9. The molecule has 1 aliphatic rings. The Hall–Kier alpha value is -2.63. The van der Waals surface area contributed by atoms with Crippen LogP contribution in [0.4, 0.5) is 0 Å². The molecule has 1 aliphatic carbocycles. The number of rotatable bonds is 5. The highest BCUT2D eigenvalue weighted by atomic mass is 16.5. The molecule has 0 bridgehead atoms. The van der Waals surface area contributed by atoms with Crippen molar-refractivity contribution in [3.63, 3.8) is 0 Å². The van der Waals surface area contributed by atoms with Crippen molar-refractivity contribution in [2.75, 3.05) is 7.11 Å². The molecule has 0 unspecified atom stereocenters. The summed E-state index contributed by atoms with van der Waals surface area (Å²) in [6.45, 7) is 0. The van der Waals surface area contributed by atoms with Crippen LogP contribution in [0.3, 0.4) is 0 Å². The SMILES string of the molecule is COc1ccc(Cc2nc3ncncc3[nH]2)cc1OC1CCCC1. The average molecular weight is 324 g/mol. The lowest BCUT2D eigenvalue weighted by Crippen LogP contribution is -2.11. The largest absolute Gasteiger partial charge is 0.493 e. The van der Waals surface area contributed by atoms with Crippen molar-refractivity contribution in [2.24, 2.45) is 0 Å². The van der Waals surface area contributed by atoms with Crippen LogP contribution < -0.4 is 9.47 Å². The van der Waals surface area contributed by atoms with Gasteiger partial charge in [-0.25, -0.2) is 15.0 Å². The summed E-state index contributed by atoms with van der Waals surface area (Å²) in [6.07, 6.45) is 8.96. The quantitative estimate of drug-likeness (QED) is 0.780. The monoisotopic (exact) mass is 324 g/mol. The first-order valence-corrected chi connectivity index (χ1v) is 8.30. The van der Waals surface area contributed by atoms with Gasteiger partial charge in [0.15, 0.2) is 17.1 Å². The third-order valence-corrected chi connectivity index (χ3v) is 4.41. The van der Waals surface area contributed by atoms with E-state index in [0.29, 0.717) is 18.2 Å². The van der Waals surface area contributed by atoms with Crippen LogP contribution in [-0.4, -0.2) is 33.1 Å². The molecule has 0 radical (unpaired) electrons. The highest BCUT2D eigenvalue weighted by Gasteiger charge is 2.19. The van der Waals surface area contributed by atoms with Gasteiger partial charge in [0.2, 0.25) is 0 Å². The lowest BCUT2D eigenvalue weighted by Gasteiger charge is -2.16. The molecule has 0 saturated heterocycles. The number of benzene rings is 1. The first kappa shape index (κ1) is 14.9. The minimum absolute atomic E-state index is 0.302. The molecule has 2 heterocycles. The van der Waals surface area contributed by atoms with E-state index < -0.39 is 0 Å². The van der Waals surface area contributed by atoms with Crippen molar-refractivity contribution in [3.05, 3.63) is 42.1 Å². The van der Waals surface area contributed by atoms with Crippen LogP contribution in [0.1, 0.15) is 37.1 Å². The maximum atomic E-state index is 6.16. The fourth-order valence-electron chi connectivity index (χ4n) is 3.20. The first-order valence-electron chi connectivity index (χ1n) is 8.30. The zero-order chi connectivity index (χ0) is 16.4. The van der Waals surface area contributed by atoms with E-state index in [1.165, 1.54) is 19.2 Å². The molecule has 2 aromatic heterocycles. The Morgan fingerprint density at radius 1 is 1.21 bits per heavy atom. The van der Waals surface area contributed by atoms with Crippen molar-refractivity contribution in [1.29, 1.82) is 0 Å². The number of nitrogens with zero attached hydrogens (tertiary/aromatic N) is 3. The van der Waals surface area contributed by atoms with E-state index in [9.17, 15) is 0 Å². The minimum Gasteiger partial charge on any atom is -0.493 e. The Balaban J connectivity index is 1.57. The van der Waals surface area contributed by atoms with Gasteiger partial charge in [-0.05, 0) is 43.4 Å². The molecular weight excluding hydrogens is 304 g/mol. The fourth-order valence-corrected chi connectivity index (χ4v) is 3.20. The van der Waals surface area contributed by atoms with E-state index in [4.69, 9.17) is 9.47 Å². The standard InChI is InChI=1S/C18H20N4O2/c1-23-15-7-6-12(8-16(15)24-13-4-2-3-5-13)9-17-21-14-10-19-11-20-18(14)22-17/h6-8,10-11,13H,2-5,9H2,1H3,(H,19,20,21,22). The molecule has 0 atom stereocenters. The lowest BCUT2D eigenvalue weighted by atomic mass is 10.1. The van der Waals surface area contributed by atoms with Crippen LogP contribution >= 0.6 is 0 Å². The van der Waals surface area contributed by atoms with Gasteiger partial charge in [-0.1, -0.05) is 6.07 Å². The van der Waals surface area contributed by atoms with Crippen molar-refractivity contribution in [2.45, 2.75) is 38.2 Å². The van der Waals surface area contributed by atoms with Crippen molar-refractivity contribution < 1.29 is 9.47 Å². The van der Waals surface area contributed by atoms with Gasteiger partial charge in [-0.2, -0.15) is 0 Å². The molecule has 1 aromatic carbocycles. The normalized spacial score (nSPS) is 15.0. The second-order valence-electron chi connectivity index (χ2n) is 6.13. The summed E-state index contributed by atoms with van der Waals surface area (Å²) < 4.78 is 11.6. The number of imidazole rings is 1. The van der Waals surface area contributed by atoms with Gasteiger partial charge in [-0.3, -0.25) is 0 Å². The smallest absolute Gasteiger partial charge is 0.180 e. The Morgan fingerprint density at radius 2 is 2.08 bits per heavy atom. The third kappa shape index (κ3) is 3.04. The maximum absolute atomic E-state index is 6.16. The van der Waals surface area contributed by atoms with Gasteiger partial charge in [0.25, 0.3) is 0 Å². The molecule has 1 N–H and O–H groups in total. The predicted molar refractivity (Wildman–Crippen MR) is 90.4 cm³/mol. The van der Waals surface area contributed by atoms with E-state index >= 15 is 0 Å². The summed E-state index contributed by atoms with van der Waals surface area (Å²) in [7, 11) is 1.68. The predicted octanol–water partition coefficient (Wildman–Crippen LogP) is 3.27. The van der Waals surface area contributed by atoms with Crippen LogP contribution in [0.15, 0.2) is 30.7 Å². The van der Waals surface area contributed by atoms with Gasteiger partial charge in [0, 0.05) is 6.42 Å². The van der Waals surface area contributed by atoms with Crippen LogP contribution in [0.5, 0.6) is 11.5 Å². The molecule has 0 spiro atoms. The molecule has 0 amide bonds. The van der Waals surface area contributed by atoms with E-state index in [0.717, 1.165) is 41.2 Å². The molecular formula is C18H20N4O2. The third-order valence-electron chi connectivity index (χ3n) is 4.41. The zero-order valence-corrected chi connectivity index (χ0v) is 13.7. The van der Waals surface area contributed by atoms with E-state index in [-0.39, 0.29) is 0 Å². The Bertz CT molecular complexity index is 807. The number of ether oxygens (including phenoxy) is 2. The number of H-pyrrole nitrogens is 1. The summed E-state index contributed by atoms with van der Waals surface area (Å²) >= 11 is 0. The number of fused-ring (bicyclic) bond motifs is 1. The van der Waals surface area contributed by atoms with Gasteiger partial charge in [0.1, 0.15) is 17.7 Å². The second kappa shape index (κ2) is 6.47. The number of hydrogen-bond acceptors (Lipinski definition) is 5. The van der Waals surface area contributed by atoms with E-state index in [1.54, 1.807) is 13.3 Å². The van der Waals surface area contributed by atoms with Gasteiger partial charge in [-0.15, -0.1) is 0 Å². The molecule has 24 heavy (non-hydrogen) atoms. The molecule has 1 fully saturated rings. The van der Waals surface area contributed by atoms with Crippen molar-refractivity contribution >= 4 is 11.2 Å². The summed E-state index contributed by atoms with van der Waals surface area (Å²) in [5, 5.41) is 0. The average Bonchev–Trinajstić information content (AvgIpc) is 3.24. The van der Waals surface area contributed by atoms with Gasteiger partial charge >= 0.3 is 0 Å². The molecule has 1 saturated carbocycles. The minimum atomic E-state index is 0.302. The first-order chi connectivity index (χ1) is 11.8. The summed E-state index contributed by atoms with van der Waals surface area (Å²) in [6, 6.07) is 6.05. The number of hydrogen-bond donors (Lipinski definition) is 1. The zero-order valence-electron chi connectivity index (χ0n) is 13.7. The highest BCUT2D eigenvalue weighted by molar-refractivity contribution is 5.68. The number of methoxy groups -OCH3 is 1. The Labute approximate surface area is 140 Å². The van der Waals surface area contributed by atoms with Crippen LogP contribution in [-0.2, 0) is 6.42 Å². The molecule has 6 heteroatoms. The number of aromatic amines is 1. The Morgan fingerprint density at radius 3 is 2.88 bits per heavy atom. The lowest BCUT2D eigenvalue weighted by molar-refractivity contribution is 0.200. The number of aromatic nitrogens is 4. The maximum Gasteiger partial charge on any atom is 0.180 e. The number of nitrogens with one attached hydrogen (secondary N) is 1. The molecule has 4 rings (SSSR count). The van der Waals surface area contributed by atoms with E-state index in [1.807, 2.05) is 12.1 Å². The highest BCUT2D eigenvalue weighted by Crippen LogP contribution is 2.32. The van der Waals surface area contributed by atoms with Crippen molar-refractivity contribution in [3.8, 4) is 11.5 Å². The molecule has 6 nitrogen and oxygen atoms in total. The molecule has 3 aromatic rings. The molecule has 124 valence electrons. The van der Waals surface area contributed by atoms with Crippen molar-refractivity contribution in [1.82, 2.24) is 19.9 Å². The van der Waals surface area contributed by atoms with Crippen LogP contribution in [0, 0.1) is 0 Å². The van der Waals surface area contributed by atoms with Gasteiger partial charge < -0.3 is 14.5 Å². The van der Waals surface area contributed by atoms with Crippen LogP contribution in [0.2, 0.25) is 0 Å². The van der Waals surface area contributed by atoms with Crippen LogP contribution in [0.25, 0.3) is 11.2 Å².